The molecule has 0 saturated heterocycles. The third-order valence-electron chi connectivity index (χ3n) is 4.89. The Morgan fingerprint density at radius 3 is 2.38 bits per heavy atom. The summed E-state index contributed by atoms with van der Waals surface area (Å²) >= 11 is 0. The van der Waals surface area contributed by atoms with Crippen LogP contribution >= 0.6 is 0 Å². The summed E-state index contributed by atoms with van der Waals surface area (Å²) in [5.74, 6) is -3.13. The molecule has 0 bridgehead atoms. The quantitative estimate of drug-likeness (QED) is 0.501. The number of alkyl halides is 3. The van der Waals surface area contributed by atoms with Crippen molar-refractivity contribution in [3.05, 3.63) is 65.7 Å². The molecule has 4 rings (SSSR count). The number of amides is 1. The van der Waals surface area contributed by atoms with Gasteiger partial charge in [-0.2, -0.15) is 13.2 Å². The summed E-state index contributed by atoms with van der Waals surface area (Å²) < 4.78 is 45.8. The van der Waals surface area contributed by atoms with Gasteiger partial charge in [-0.1, -0.05) is 26.0 Å². The molecule has 1 aliphatic rings. The molecule has 1 aliphatic heterocycles. The fraction of sp³-hybridized carbons (Fsp3) is 0.227. The summed E-state index contributed by atoms with van der Waals surface area (Å²) in [6.07, 6.45) is -3.43. The molecule has 0 spiro atoms. The number of rotatable bonds is 2. The molecule has 32 heavy (non-hydrogen) atoms. The van der Waals surface area contributed by atoms with Crippen molar-refractivity contribution >= 4 is 11.9 Å². The lowest BCUT2D eigenvalue weighted by molar-refractivity contribution is -0.192. The van der Waals surface area contributed by atoms with Crippen LogP contribution in [0.1, 0.15) is 29.9 Å². The molecule has 1 aromatic carbocycles. The van der Waals surface area contributed by atoms with Gasteiger partial charge in [-0.3, -0.25) is 9.78 Å². The molecule has 1 amide bonds. The Hall–Kier alpha value is -3.69. The number of hydrogen-bond donors (Lipinski definition) is 3. The molecule has 6 nitrogen and oxygen atoms in total. The molecular formula is C22H19F4N3O3. The van der Waals surface area contributed by atoms with Gasteiger partial charge >= 0.3 is 12.1 Å². The normalized spacial score (nSPS) is 14.6. The Bertz CT molecular complexity index is 1170. The maximum Gasteiger partial charge on any atom is 0.490 e. The van der Waals surface area contributed by atoms with Crippen LogP contribution in [0.3, 0.4) is 0 Å². The molecule has 2 aromatic heterocycles. The van der Waals surface area contributed by atoms with E-state index in [1.165, 1.54) is 6.07 Å². The second kappa shape index (κ2) is 8.45. The maximum atomic E-state index is 14.0. The van der Waals surface area contributed by atoms with Crippen LogP contribution in [0.25, 0.3) is 22.5 Å². The highest BCUT2D eigenvalue weighted by Crippen LogP contribution is 2.33. The van der Waals surface area contributed by atoms with Gasteiger partial charge in [0.25, 0.3) is 5.91 Å². The van der Waals surface area contributed by atoms with E-state index in [0.29, 0.717) is 23.4 Å². The van der Waals surface area contributed by atoms with Gasteiger partial charge in [0, 0.05) is 40.7 Å². The van der Waals surface area contributed by atoms with E-state index in [1.54, 1.807) is 24.4 Å². The Kier molecular flexibility index (Phi) is 6.07. The second-order valence-electron chi connectivity index (χ2n) is 7.75. The van der Waals surface area contributed by atoms with Crippen molar-refractivity contribution in [3.63, 3.8) is 0 Å². The van der Waals surface area contributed by atoms with Gasteiger partial charge in [0.1, 0.15) is 5.82 Å². The van der Waals surface area contributed by atoms with Crippen LogP contribution in [0.15, 0.2) is 48.7 Å². The molecule has 10 heteroatoms. The number of nitrogens with zero attached hydrogens (tertiary/aromatic N) is 1. The monoisotopic (exact) mass is 449 g/mol. The van der Waals surface area contributed by atoms with Crippen molar-refractivity contribution < 1.29 is 32.3 Å². The van der Waals surface area contributed by atoms with Gasteiger partial charge < -0.3 is 15.4 Å². The fourth-order valence-corrected chi connectivity index (χ4v) is 3.22. The molecule has 3 aromatic rings. The Balaban J connectivity index is 0.000000360. The van der Waals surface area contributed by atoms with Gasteiger partial charge in [-0.05, 0) is 30.3 Å². The van der Waals surface area contributed by atoms with Crippen LogP contribution in [-0.2, 0) is 10.2 Å². The van der Waals surface area contributed by atoms with E-state index >= 15 is 0 Å². The first-order valence-corrected chi connectivity index (χ1v) is 9.43. The number of aromatic nitrogens is 2. The highest BCUT2D eigenvalue weighted by Gasteiger charge is 2.38. The minimum absolute atomic E-state index is 0.0693. The zero-order chi connectivity index (χ0) is 23.7. The summed E-state index contributed by atoms with van der Waals surface area (Å²) in [4.78, 5) is 28.7. The van der Waals surface area contributed by atoms with Crippen LogP contribution in [-0.4, -0.2) is 39.7 Å². The first-order chi connectivity index (χ1) is 14.9. The summed E-state index contributed by atoms with van der Waals surface area (Å²) in [5.41, 5.74) is 4.14. The number of hydrogen-bond acceptors (Lipinski definition) is 3. The molecular weight excluding hydrogens is 430 g/mol. The third-order valence-corrected chi connectivity index (χ3v) is 4.89. The lowest BCUT2D eigenvalue weighted by atomic mass is 9.84. The summed E-state index contributed by atoms with van der Waals surface area (Å²) in [6, 6.07) is 12.1. The van der Waals surface area contributed by atoms with Crippen molar-refractivity contribution in [2.24, 2.45) is 0 Å². The van der Waals surface area contributed by atoms with E-state index in [-0.39, 0.29) is 17.1 Å². The molecule has 0 aliphatic carbocycles. The summed E-state index contributed by atoms with van der Waals surface area (Å²) in [5, 5.41) is 10.0. The van der Waals surface area contributed by atoms with E-state index in [2.05, 4.69) is 29.1 Å². The predicted molar refractivity (Wildman–Crippen MR) is 108 cm³/mol. The number of fused-ring (bicyclic) bond motifs is 1. The molecule has 0 radical (unpaired) electrons. The highest BCUT2D eigenvalue weighted by molar-refractivity contribution is 5.98. The summed E-state index contributed by atoms with van der Waals surface area (Å²) in [6.45, 7) is 4.77. The standard InChI is InChI=1S/C20H18FN3O.C2HF3O2/c1-20(2)11-23-19(25)14-10-16(24-18(14)20)12-7-8-22-17(9-12)13-5-3-4-6-15(13)21;3-2(4,5)1(6)7/h3-10,24H,11H2,1-2H3,(H,23,25);(H,6,7). The Morgan fingerprint density at radius 1 is 1.12 bits per heavy atom. The molecule has 0 atom stereocenters. The van der Waals surface area contributed by atoms with Crippen molar-refractivity contribution in [2.45, 2.75) is 25.4 Å². The number of H-pyrrole nitrogens is 1. The van der Waals surface area contributed by atoms with E-state index in [1.807, 2.05) is 18.2 Å². The predicted octanol–water partition coefficient (Wildman–Crippen LogP) is 4.54. The molecule has 3 heterocycles. The number of carboxylic acid groups (broad SMARTS) is 1. The van der Waals surface area contributed by atoms with E-state index < -0.39 is 12.1 Å². The zero-order valence-corrected chi connectivity index (χ0v) is 17.0. The smallest absolute Gasteiger partial charge is 0.475 e. The SMILES string of the molecule is CC1(C)CNC(=O)c2cc(-c3ccnc(-c4ccccc4F)c3)[nH]c21.O=C(O)C(F)(F)F. The first-order valence-electron chi connectivity index (χ1n) is 9.43. The van der Waals surface area contributed by atoms with Crippen molar-refractivity contribution in [3.8, 4) is 22.5 Å². The fourth-order valence-electron chi connectivity index (χ4n) is 3.22. The third kappa shape index (κ3) is 4.79. The van der Waals surface area contributed by atoms with E-state index in [9.17, 15) is 22.4 Å². The van der Waals surface area contributed by atoms with Gasteiger partial charge in [0.05, 0.1) is 11.3 Å². The number of pyridine rings is 1. The van der Waals surface area contributed by atoms with E-state index in [0.717, 1.165) is 17.0 Å². The molecule has 168 valence electrons. The number of aliphatic carboxylic acids is 1. The maximum absolute atomic E-state index is 14.0. The van der Waals surface area contributed by atoms with Crippen molar-refractivity contribution in [1.29, 1.82) is 0 Å². The number of carbonyl (C=O) groups is 2. The molecule has 0 unspecified atom stereocenters. The number of carboxylic acids is 1. The van der Waals surface area contributed by atoms with Gasteiger partial charge in [-0.15, -0.1) is 0 Å². The van der Waals surface area contributed by atoms with Gasteiger partial charge in [-0.25, -0.2) is 9.18 Å². The minimum Gasteiger partial charge on any atom is -0.475 e. The first kappa shape index (κ1) is 23.0. The number of halogens is 4. The number of carbonyl (C=O) groups excluding carboxylic acids is 1. The minimum atomic E-state index is -5.08. The number of aromatic amines is 1. The Morgan fingerprint density at radius 2 is 1.78 bits per heavy atom. The van der Waals surface area contributed by atoms with Crippen LogP contribution in [0.5, 0.6) is 0 Å². The number of benzene rings is 1. The largest absolute Gasteiger partial charge is 0.490 e. The highest BCUT2D eigenvalue weighted by atomic mass is 19.4. The lowest BCUT2D eigenvalue weighted by Crippen LogP contribution is -2.43. The van der Waals surface area contributed by atoms with Gasteiger partial charge in [0.2, 0.25) is 0 Å². The molecule has 0 saturated carbocycles. The molecule has 3 N–H and O–H groups in total. The van der Waals surface area contributed by atoms with Crippen LogP contribution in [0, 0.1) is 5.82 Å². The van der Waals surface area contributed by atoms with Crippen molar-refractivity contribution in [2.75, 3.05) is 6.54 Å². The molecule has 0 fully saturated rings. The van der Waals surface area contributed by atoms with Gasteiger partial charge in [0.15, 0.2) is 0 Å². The van der Waals surface area contributed by atoms with Crippen molar-refractivity contribution in [1.82, 2.24) is 15.3 Å². The lowest BCUT2D eigenvalue weighted by Gasteiger charge is -2.29. The zero-order valence-electron chi connectivity index (χ0n) is 17.0. The average Bonchev–Trinajstić information content (AvgIpc) is 3.19. The summed E-state index contributed by atoms with van der Waals surface area (Å²) in [7, 11) is 0. The second-order valence-corrected chi connectivity index (χ2v) is 7.75. The topological polar surface area (TPSA) is 95.1 Å². The van der Waals surface area contributed by atoms with Crippen LogP contribution < -0.4 is 5.32 Å². The Labute approximate surface area is 180 Å². The van der Waals surface area contributed by atoms with Crippen LogP contribution in [0.4, 0.5) is 17.6 Å². The van der Waals surface area contributed by atoms with Crippen LogP contribution in [0.2, 0.25) is 0 Å². The van der Waals surface area contributed by atoms with E-state index in [4.69, 9.17) is 9.90 Å². The average molecular weight is 449 g/mol. The number of nitrogens with one attached hydrogen (secondary N) is 2.